The number of alkyl halides is 1. The van der Waals surface area contributed by atoms with Crippen molar-refractivity contribution >= 4 is 21.8 Å². The number of likely N-dealkylation sites (tertiary alicyclic amines) is 1. The van der Waals surface area contributed by atoms with Crippen molar-refractivity contribution in [2.75, 3.05) is 6.54 Å². The molecular formula is C12H14BrNO. The number of carbonyl (C=O) groups is 1. The number of hydrogen-bond acceptors (Lipinski definition) is 1. The molecule has 0 aromatic heterocycles. The maximum Gasteiger partial charge on any atom is 0.222 e. The predicted octanol–water partition coefficient (Wildman–Crippen LogP) is 2.70. The van der Waals surface area contributed by atoms with Crippen molar-refractivity contribution in [3.05, 3.63) is 35.4 Å². The van der Waals surface area contributed by atoms with Gasteiger partial charge in [0.05, 0.1) is 0 Å². The summed E-state index contributed by atoms with van der Waals surface area (Å²) in [6, 6.07) is 8.37. The molecule has 3 heteroatoms. The SMILES string of the molecule is O=C1CCCN1Cc1cccc(CBr)c1. The minimum absolute atomic E-state index is 0.291. The van der Waals surface area contributed by atoms with Crippen LogP contribution in [-0.2, 0) is 16.7 Å². The minimum atomic E-state index is 0.291. The number of hydrogen-bond donors (Lipinski definition) is 0. The van der Waals surface area contributed by atoms with Crippen molar-refractivity contribution in [3.8, 4) is 0 Å². The van der Waals surface area contributed by atoms with Gasteiger partial charge in [-0.3, -0.25) is 4.79 Å². The zero-order chi connectivity index (χ0) is 10.7. The summed E-state index contributed by atoms with van der Waals surface area (Å²) in [6.07, 6.45) is 1.73. The van der Waals surface area contributed by atoms with Gasteiger partial charge in [-0.25, -0.2) is 0 Å². The fourth-order valence-electron chi connectivity index (χ4n) is 1.90. The molecule has 0 atom stereocenters. The molecule has 0 spiro atoms. The van der Waals surface area contributed by atoms with Crippen LogP contribution < -0.4 is 0 Å². The number of rotatable bonds is 3. The van der Waals surface area contributed by atoms with E-state index in [1.165, 1.54) is 11.1 Å². The summed E-state index contributed by atoms with van der Waals surface area (Å²) in [5.41, 5.74) is 2.49. The van der Waals surface area contributed by atoms with Gasteiger partial charge in [-0.05, 0) is 17.5 Å². The second-order valence-electron chi connectivity index (χ2n) is 3.87. The predicted molar refractivity (Wildman–Crippen MR) is 63.7 cm³/mol. The highest BCUT2D eigenvalue weighted by molar-refractivity contribution is 9.08. The van der Waals surface area contributed by atoms with Gasteiger partial charge in [0.1, 0.15) is 0 Å². The van der Waals surface area contributed by atoms with Crippen molar-refractivity contribution in [1.29, 1.82) is 0 Å². The first-order chi connectivity index (χ1) is 7.29. The van der Waals surface area contributed by atoms with E-state index in [2.05, 4.69) is 34.1 Å². The summed E-state index contributed by atoms with van der Waals surface area (Å²) < 4.78 is 0. The molecule has 1 aromatic carbocycles. The first-order valence-corrected chi connectivity index (χ1v) is 6.33. The highest BCUT2D eigenvalue weighted by Crippen LogP contribution is 2.15. The van der Waals surface area contributed by atoms with E-state index in [1.807, 2.05) is 11.0 Å². The summed E-state index contributed by atoms with van der Waals surface area (Å²) >= 11 is 3.44. The Hall–Kier alpha value is -0.830. The first kappa shape index (κ1) is 10.7. The normalized spacial score (nSPS) is 16.1. The van der Waals surface area contributed by atoms with Crippen molar-refractivity contribution in [2.24, 2.45) is 0 Å². The molecule has 0 N–H and O–H groups in total. The number of benzene rings is 1. The summed E-state index contributed by atoms with van der Waals surface area (Å²) in [7, 11) is 0. The number of amides is 1. The average Bonchev–Trinajstić information content (AvgIpc) is 2.65. The van der Waals surface area contributed by atoms with E-state index in [0.29, 0.717) is 5.91 Å². The second-order valence-corrected chi connectivity index (χ2v) is 4.43. The van der Waals surface area contributed by atoms with Crippen LogP contribution in [0.1, 0.15) is 24.0 Å². The Morgan fingerprint density at radius 3 is 2.80 bits per heavy atom. The molecule has 1 saturated heterocycles. The van der Waals surface area contributed by atoms with Gasteiger partial charge in [-0.15, -0.1) is 0 Å². The smallest absolute Gasteiger partial charge is 0.222 e. The Bertz CT molecular complexity index is 364. The lowest BCUT2D eigenvalue weighted by Crippen LogP contribution is -2.23. The molecule has 1 fully saturated rings. The van der Waals surface area contributed by atoms with E-state index in [0.717, 1.165) is 31.3 Å². The summed E-state index contributed by atoms with van der Waals surface area (Å²) in [5, 5.41) is 0.870. The van der Waals surface area contributed by atoms with Crippen LogP contribution >= 0.6 is 15.9 Å². The zero-order valence-electron chi connectivity index (χ0n) is 8.58. The highest BCUT2D eigenvalue weighted by atomic mass is 79.9. The van der Waals surface area contributed by atoms with Gasteiger partial charge >= 0.3 is 0 Å². The van der Waals surface area contributed by atoms with Crippen molar-refractivity contribution in [2.45, 2.75) is 24.7 Å². The number of carbonyl (C=O) groups excluding carboxylic acids is 1. The van der Waals surface area contributed by atoms with Crippen LogP contribution in [0.4, 0.5) is 0 Å². The number of nitrogens with zero attached hydrogens (tertiary/aromatic N) is 1. The lowest BCUT2D eigenvalue weighted by atomic mass is 10.1. The fourth-order valence-corrected chi connectivity index (χ4v) is 2.25. The third-order valence-electron chi connectivity index (χ3n) is 2.69. The first-order valence-electron chi connectivity index (χ1n) is 5.21. The molecule has 1 amide bonds. The van der Waals surface area contributed by atoms with Crippen molar-refractivity contribution < 1.29 is 4.79 Å². The minimum Gasteiger partial charge on any atom is -0.338 e. The molecule has 0 bridgehead atoms. The molecule has 0 unspecified atom stereocenters. The Labute approximate surface area is 98.4 Å². The molecule has 1 aliphatic heterocycles. The van der Waals surface area contributed by atoms with E-state index in [1.54, 1.807) is 0 Å². The molecule has 1 aliphatic rings. The van der Waals surface area contributed by atoms with Crippen LogP contribution in [-0.4, -0.2) is 17.4 Å². The van der Waals surface area contributed by atoms with E-state index >= 15 is 0 Å². The Balaban J connectivity index is 2.06. The molecule has 1 aromatic rings. The van der Waals surface area contributed by atoms with E-state index in [9.17, 15) is 4.79 Å². The molecular weight excluding hydrogens is 254 g/mol. The van der Waals surface area contributed by atoms with Gasteiger partial charge in [0.25, 0.3) is 0 Å². The third kappa shape index (κ3) is 2.59. The fraction of sp³-hybridized carbons (Fsp3) is 0.417. The van der Waals surface area contributed by atoms with Gasteiger partial charge in [-0.1, -0.05) is 40.2 Å². The number of halogens is 1. The summed E-state index contributed by atoms with van der Waals surface area (Å²) in [6.45, 7) is 1.68. The van der Waals surface area contributed by atoms with Crippen LogP contribution in [0.2, 0.25) is 0 Å². The monoisotopic (exact) mass is 267 g/mol. The molecule has 0 aliphatic carbocycles. The van der Waals surface area contributed by atoms with Crippen LogP contribution in [0.5, 0.6) is 0 Å². The molecule has 0 radical (unpaired) electrons. The van der Waals surface area contributed by atoms with E-state index < -0.39 is 0 Å². The summed E-state index contributed by atoms with van der Waals surface area (Å²) in [5.74, 6) is 0.291. The Morgan fingerprint density at radius 1 is 1.33 bits per heavy atom. The van der Waals surface area contributed by atoms with Gasteiger partial charge in [0.15, 0.2) is 0 Å². The average molecular weight is 268 g/mol. The van der Waals surface area contributed by atoms with Gasteiger partial charge in [0, 0.05) is 24.8 Å². The molecule has 80 valence electrons. The van der Waals surface area contributed by atoms with Crippen molar-refractivity contribution in [1.82, 2.24) is 4.90 Å². The Kier molecular flexibility index (Phi) is 3.41. The van der Waals surface area contributed by atoms with Gasteiger partial charge < -0.3 is 4.90 Å². The second kappa shape index (κ2) is 4.79. The van der Waals surface area contributed by atoms with Gasteiger partial charge in [0.2, 0.25) is 5.91 Å². The third-order valence-corrected chi connectivity index (χ3v) is 3.34. The lowest BCUT2D eigenvalue weighted by molar-refractivity contribution is -0.128. The molecule has 2 nitrogen and oxygen atoms in total. The highest BCUT2D eigenvalue weighted by Gasteiger charge is 2.19. The summed E-state index contributed by atoms with van der Waals surface area (Å²) in [4.78, 5) is 13.4. The molecule has 0 saturated carbocycles. The van der Waals surface area contributed by atoms with E-state index in [-0.39, 0.29) is 0 Å². The van der Waals surface area contributed by atoms with E-state index in [4.69, 9.17) is 0 Å². The Morgan fingerprint density at radius 2 is 2.13 bits per heavy atom. The van der Waals surface area contributed by atoms with Crippen LogP contribution in [0.25, 0.3) is 0 Å². The van der Waals surface area contributed by atoms with Crippen LogP contribution in [0.15, 0.2) is 24.3 Å². The molecule has 2 rings (SSSR count). The topological polar surface area (TPSA) is 20.3 Å². The largest absolute Gasteiger partial charge is 0.338 e. The van der Waals surface area contributed by atoms with Gasteiger partial charge in [-0.2, -0.15) is 0 Å². The molecule has 1 heterocycles. The lowest BCUT2D eigenvalue weighted by Gasteiger charge is -2.15. The maximum absolute atomic E-state index is 11.4. The van der Waals surface area contributed by atoms with Crippen LogP contribution in [0, 0.1) is 0 Å². The van der Waals surface area contributed by atoms with Crippen molar-refractivity contribution in [3.63, 3.8) is 0 Å². The maximum atomic E-state index is 11.4. The quantitative estimate of drug-likeness (QED) is 0.772. The van der Waals surface area contributed by atoms with Crippen LogP contribution in [0.3, 0.4) is 0 Å². The standard InChI is InChI=1S/C12H14BrNO/c13-8-10-3-1-4-11(7-10)9-14-6-2-5-12(14)15/h1,3-4,7H,2,5-6,8-9H2. The zero-order valence-corrected chi connectivity index (χ0v) is 10.2. The molecule has 15 heavy (non-hydrogen) atoms.